The standard InChI is InChI=1S/C12H19NO3/c1-13-9-12(15)10-4-2-5-11(8-10)16-7-3-6-14/h2,4-5,8,12-15H,3,6-7,9H2,1H3. The maximum atomic E-state index is 9.76. The molecule has 0 aromatic heterocycles. The molecule has 0 fully saturated rings. The molecule has 0 heterocycles. The lowest BCUT2D eigenvalue weighted by Crippen LogP contribution is -2.16. The Kier molecular flexibility index (Phi) is 5.85. The van der Waals surface area contributed by atoms with Crippen molar-refractivity contribution in [1.82, 2.24) is 5.32 Å². The summed E-state index contributed by atoms with van der Waals surface area (Å²) in [6.45, 7) is 1.13. The van der Waals surface area contributed by atoms with Crippen LogP contribution in [-0.2, 0) is 0 Å². The molecule has 16 heavy (non-hydrogen) atoms. The van der Waals surface area contributed by atoms with Gasteiger partial charge in [-0.25, -0.2) is 0 Å². The van der Waals surface area contributed by atoms with Crippen LogP contribution in [0.4, 0.5) is 0 Å². The fraction of sp³-hybridized carbons (Fsp3) is 0.500. The van der Waals surface area contributed by atoms with E-state index < -0.39 is 6.10 Å². The highest BCUT2D eigenvalue weighted by atomic mass is 16.5. The average Bonchev–Trinajstić information content (AvgIpc) is 2.30. The highest BCUT2D eigenvalue weighted by Gasteiger charge is 2.06. The van der Waals surface area contributed by atoms with Crippen LogP contribution in [0.25, 0.3) is 0 Å². The molecule has 0 amide bonds. The maximum Gasteiger partial charge on any atom is 0.119 e. The zero-order valence-electron chi connectivity index (χ0n) is 9.52. The van der Waals surface area contributed by atoms with Gasteiger partial charge in [0.25, 0.3) is 0 Å². The van der Waals surface area contributed by atoms with Crippen molar-refractivity contribution in [2.24, 2.45) is 0 Å². The Morgan fingerprint density at radius 2 is 2.25 bits per heavy atom. The van der Waals surface area contributed by atoms with E-state index in [1.165, 1.54) is 0 Å². The number of aliphatic hydroxyl groups excluding tert-OH is 2. The first-order valence-corrected chi connectivity index (χ1v) is 5.44. The molecule has 1 aromatic carbocycles. The van der Waals surface area contributed by atoms with Gasteiger partial charge in [-0.1, -0.05) is 12.1 Å². The predicted molar refractivity (Wildman–Crippen MR) is 62.5 cm³/mol. The van der Waals surface area contributed by atoms with Crippen LogP contribution in [-0.4, -0.2) is 37.0 Å². The Balaban J connectivity index is 2.56. The minimum absolute atomic E-state index is 0.127. The number of ether oxygens (including phenoxy) is 1. The Morgan fingerprint density at radius 1 is 1.44 bits per heavy atom. The molecule has 1 aromatic rings. The highest BCUT2D eigenvalue weighted by Crippen LogP contribution is 2.18. The van der Waals surface area contributed by atoms with Crippen LogP contribution in [0, 0.1) is 0 Å². The fourth-order valence-electron chi connectivity index (χ4n) is 1.38. The lowest BCUT2D eigenvalue weighted by atomic mass is 10.1. The molecule has 0 aliphatic heterocycles. The minimum Gasteiger partial charge on any atom is -0.493 e. The smallest absolute Gasteiger partial charge is 0.119 e. The number of hydrogen-bond donors (Lipinski definition) is 3. The molecule has 90 valence electrons. The van der Waals surface area contributed by atoms with E-state index in [0.29, 0.717) is 19.6 Å². The first kappa shape index (κ1) is 13.0. The normalized spacial score (nSPS) is 12.4. The summed E-state index contributed by atoms with van der Waals surface area (Å²) in [6.07, 6.45) is 0.0925. The summed E-state index contributed by atoms with van der Waals surface area (Å²) in [5, 5.41) is 21.3. The lowest BCUT2D eigenvalue weighted by molar-refractivity contribution is 0.177. The van der Waals surface area contributed by atoms with E-state index in [1.54, 1.807) is 7.05 Å². The third-order valence-corrected chi connectivity index (χ3v) is 2.21. The second-order valence-corrected chi connectivity index (χ2v) is 3.57. The van der Waals surface area contributed by atoms with E-state index in [9.17, 15) is 5.11 Å². The van der Waals surface area contributed by atoms with Crippen LogP contribution in [0.3, 0.4) is 0 Å². The van der Waals surface area contributed by atoms with E-state index in [4.69, 9.17) is 9.84 Å². The summed E-state index contributed by atoms with van der Waals surface area (Å²) in [7, 11) is 1.80. The molecule has 0 spiro atoms. The largest absolute Gasteiger partial charge is 0.493 e. The number of hydrogen-bond acceptors (Lipinski definition) is 4. The molecule has 0 aliphatic carbocycles. The molecule has 1 unspecified atom stereocenters. The van der Waals surface area contributed by atoms with Gasteiger partial charge in [-0.3, -0.25) is 0 Å². The molecule has 4 heteroatoms. The zero-order valence-corrected chi connectivity index (χ0v) is 9.52. The third-order valence-electron chi connectivity index (χ3n) is 2.21. The van der Waals surface area contributed by atoms with E-state index in [1.807, 2.05) is 24.3 Å². The van der Waals surface area contributed by atoms with E-state index in [2.05, 4.69) is 5.32 Å². The molecular weight excluding hydrogens is 206 g/mol. The molecule has 0 aliphatic rings. The van der Waals surface area contributed by atoms with E-state index in [0.717, 1.165) is 11.3 Å². The van der Waals surface area contributed by atoms with Gasteiger partial charge in [-0.15, -0.1) is 0 Å². The Hall–Kier alpha value is -1.10. The highest BCUT2D eigenvalue weighted by molar-refractivity contribution is 5.30. The van der Waals surface area contributed by atoms with Crippen molar-refractivity contribution in [1.29, 1.82) is 0 Å². The van der Waals surface area contributed by atoms with Crippen molar-refractivity contribution in [3.8, 4) is 5.75 Å². The topological polar surface area (TPSA) is 61.7 Å². The summed E-state index contributed by atoms with van der Waals surface area (Å²) in [4.78, 5) is 0. The molecule has 4 nitrogen and oxygen atoms in total. The van der Waals surface area contributed by atoms with Crippen LogP contribution < -0.4 is 10.1 Å². The second-order valence-electron chi connectivity index (χ2n) is 3.57. The summed E-state index contributed by atoms with van der Waals surface area (Å²) < 4.78 is 5.42. The van der Waals surface area contributed by atoms with Crippen molar-refractivity contribution in [3.05, 3.63) is 29.8 Å². The number of likely N-dealkylation sites (N-methyl/N-ethyl adjacent to an activating group) is 1. The minimum atomic E-state index is -0.522. The third kappa shape index (κ3) is 4.18. The van der Waals surface area contributed by atoms with Gasteiger partial charge in [0.2, 0.25) is 0 Å². The van der Waals surface area contributed by atoms with Gasteiger partial charge in [0.1, 0.15) is 5.75 Å². The Bertz CT molecular complexity index is 304. The van der Waals surface area contributed by atoms with Crippen molar-refractivity contribution < 1.29 is 14.9 Å². The molecular formula is C12H19NO3. The zero-order chi connectivity index (χ0) is 11.8. The Labute approximate surface area is 95.9 Å². The maximum absolute atomic E-state index is 9.76. The summed E-state index contributed by atoms with van der Waals surface area (Å²) in [5.41, 5.74) is 0.829. The number of aliphatic hydroxyl groups is 2. The molecule has 1 atom stereocenters. The van der Waals surface area contributed by atoms with E-state index >= 15 is 0 Å². The summed E-state index contributed by atoms with van der Waals surface area (Å²) >= 11 is 0. The van der Waals surface area contributed by atoms with Crippen LogP contribution in [0.1, 0.15) is 18.1 Å². The second kappa shape index (κ2) is 7.22. The van der Waals surface area contributed by atoms with Crippen LogP contribution in [0.15, 0.2) is 24.3 Å². The van der Waals surface area contributed by atoms with Crippen molar-refractivity contribution in [2.75, 3.05) is 26.8 Å². The Morgan fingerprint density at radius 3 is 2.94 bits per heavy atom. The first-order chi connectivity index (χ1) is 7.77. The van der Waals surface area contributed by atoms with Crippen LogP contribution in [0.2, 0.25) is 0 Å². The van der Waals surface area contributed by atoms with Crippen molar-refractivity contribution >= 4 is 0 Å². The summed E-state index contributed by atoms with van der Waals surface area (Å²) in [5.74, 6) is 0.723. The number of rotatable bonds is 7. The summed E-state index contributed by atoms with van der Waals surface area (Å²) in [6, 6.07) is 7.37. The SMILES string of the molecule is CNCC(O)c1cccc(OCCCO)c1. The number of benzene rings is 1. The predicted octanol–water partition coefficient (Wildman–Crippen LogP) is 0.701. The van der Waals surface area contributed by atoms with Crippen molar-refractivity contribution in [3.63, 3.8) is 0 Å². The molecule has 0 saturated heterocycles. The molecule has 0 saturated carbocycles. The van der Waals surface area contributed by atoms with Gasteiger partial charge in [-0.05, 0) is 24.7 Å². The number of nitrogens with one attached hydrogen (secondary N) is 1. The van der Waals surface area contributed by atoms with Gasteiger partial charge in [0.05, 0.1) is 12.7 Å². The quantitative estimate of drug-likeness (QED) is 0.598. The van der Waals surface area contributed by atoms with Gasteiger partial charge >= 0.3 is 0 Å². The van der Waals surface area contributed by atoms with Gasteiger partial charge < -0.3 is 20.3 Å². The van der Waals surface area contributed by atoms with Gasteiger partial charge in [0.15, 0.2) is 0 Å². The first-order valence-electron chi connectivity index (χ1n) is 5.44. The fourth-order valence-corrected chi connectivity index (χ4v) is 1.38. The average molecular weight is 225 g/mol. The van der Waals surface area contributed by atoms with Crippen molar-refractivity contribution in [2.45, 2.75) is 12.5 Å². The molecule has 0 bridgehead atoms. The van der Waals surface area contributed by atoms with Crippen LogP contribution in [0.5, 0.6) is 5.75 Å². The lowest BCUT2D eigenvalue weighted by Gasteiger charge is -2.12. The monoisotopic (exact) mass is 225 g/mol. The van der Waals surface area contributed by atoms with E-state index in [-0.39, 0.29) is 6.61 Å². The molecule has 0 radical (unpaired) electrons. The molecule has 3 N–H and O–H groups in total. The van der Waals surface area contributed by atoms with Gasteiger partial charge in [0, 0.05) is 19.6 Å². The van der Waals surface area contributed by atoms with Crippen LogP contribution >= 0.6 is 0 Å². The van der Waals surface area contributed by atoms with Gasteiger partial charge in [-0.2, -0.15) is 0 Å². The molecule has 1 rings (SSSR count).